The largest absolute Gasteiger partial charge is 0.466 e. The van der Waals surface area contributed by atoms with E-state index in [1.54, 1.807) is 6.26 Å². The highest BCUT2D eigenvalue weighted by Crippen LogP contribution is 2.23. The molecule has 1 amide bonds. The summed E-state index contributed by atoms with van der Waals surface area (Å²) >= 11 is 0. The minimum atomic E-state index is -0.160. The Balaban J connectivity index is 2.12. The molecule has 2 unspecified atom stereocenters. The van der Waals surface area contributed by atoms with Crippen LogP contribution >= 0.6 is 0 Å². The van der Waals surface area contributed by atoms with Crippen LogP contribution in [0, 0.1) is 0 Å². The van der Waals surface area contributed by atoms with Crippen LogP contribution in [0.5, 0.6) is 0 Å². The Labute approximate surface area is 75.9 Å². The third-order valence-corrected chi connectivity index (χ3v) is 2.06. The van der Waals surface area contributed by atoms with Crippen molar-refractivity contribution in [1.29, 1.82) is 0 Å². The fourth-order valence-electron chi connectivity index (χ4n) is 1.46. The maximum Gasteiger partial charge on any atom is 0.246 e. The molecule has 1 aliphatic rings. The average Bonchev–Trinajstić information content (AvgIpc) is 2.56. The molecule has 13 heavy (non-hydrogen) atoms. The molecule has 0 saturated carbocycles. The van der Waals surface area contributed by atoms with Crippen LogP contribution in [0.15, 0.2) is 22.8 Å². The maximum atomic E-state index is 10.9. The molecule has 0 bridgehead atoms. The molecule has 1 aromatic rings. The lowest BCUT2D eigenvalue weighted by molar-refractivity contribution is -0.137. The predicted octanol–water partition coefficient (Wildman–Crippen LogP) is 0.856. The van der Waals surface area contributed by atoms with Gasteiger partial charge in [0.05, 0.1) is 12.3 Å². The number of amides is 1. The lowest BCUT2D eigenvalue weighted by Crippen LogP contribution is -2.45. The summed E-state index contributed by atoms with van der Waals surface area (Å²) in [7, 11) is 0. The maximum absolute atomic E-state index is 10.9. The van der Waals surface area contributed by atoms with Crippen molar-refractivity contribution in [2.45, 2.75) is 19.1 Å². The van der Waals surface area contributed by atoms with Gasteiger partial charge in [-0.2, -0.15) is 0 Å². The normalized spacial score (nSPS) is 28.5. The first-order valence-corrected chi connectivity index (χ1v) is 4.22. The summed E-state index contributed by atoms with van der Waals surface area (Å²) in [4.78, 5) is 10.9. The lowest BCUT2D eigenvalue weighted by Gasteiger charge is -2.28. The second-order valence-corrected chi connectivity index (χ2v) is 3.10. The summed E-state index contributed by atoms with van der Waals surface area (Å²) in [6.45, 7) is 2.00. The summed E-state index contributed by atoms with van der Waals surface area (Å²) in [5, 5.41) is 2.79. The van der Waals surface area contributed by atoms with Crippen LogP contribution in [0.3, 0.4) is 0 Å². The number of hydrogen-bond acceptors (Lipinski definition) is 3. The Morgan fingerprint density at radius 1 is 1.62 bits per heavy atom. The topological polar surface area (TPSA) is 51.5 Å². The second kappa shape index (κ2) is 3.22. The summed E-state index contributed by atoms with van der Waals surface area (Å²) in [6, 6.07) is 3.62. The van der Waals surface area contributed by atoms with Gasteiger partial charge in [-0.1, -0.05) is 0 Å². The van der Waals surface area contributed by atoms with E-state index < -0.39 is 0 Å². The summed E-state index contributed by atoms with van der Waals surface area (Å²) in [5.74, 6) is 0.683. The highest BCUT2D eigenvalue weighted by atomic mass is 16.5. The van der Waals surface area contributed by atoms with Crippen LogP contribution in [0.25, 0.3) is 0 Å². The van der Waals surface area contributed by atoms with Gasteiger partial charge in [0, 0.05) is 0 Å². The SMILES string of the molecule is CC1NC(=O)COC1c1ccco1. The van der Waals surface area contributed by atoms with E-state index in [-0.39, 0.29) is 24.7 Å². The van der Waals surface area contributed by atoms with E-state index in [9.17, 15) is 4.79 Å². The molecule has 2 atom stereocenters. The molecule has 70 valence electrons. The molecule has 2 heterocycles. The van der Waals surface area contributed by atoms with E-state index in [2.05, 4.69) is 5.32 Å². The number of ether oxygens (including phenoxy) is 1. The number of carbonyl (C=O) groups excluding carboxylic acids is 1. The molecule has 1 N–H and O–H groups in total. The average molecular weight is 181 g/mol. The smallest absolute Gasteiger partial charge is 0.246 e. The number of nitrogens with one attached hydrogen (secondary N) is 1. The first-order chi connectivity index (χ1) is 6.27. The molecule has 1 aromatic heterocycles. The van der Waals surface area contributed by atoms with Crippen molar-refractivity contribution in [2.75, 3.05) is 6.61 Å². The van der Waals surface area contributed by atoms with Gasteiger partial charge in [-0.25, -0.2) is 0 Å². The Morgan fingerprint density at radius 2 is 2.46 bits per heavy atom. The van der Waals surface area contributed by atoms with Gasteiger partial charge in [0.1, 0.15) is 18.5 Å². The summed E-state index contributed by atoms with van der Waals surface area (Å²) < 4.78 is 10.5. The molecular weight excluding hydrogens is 170 g/mol. The van der Waals surface area contributed by atoms with E-state index >= 15 is 0 Å². The van der Waals surface area contributed by atoms with E-state index in [1.807, 2.05) is 19.1 Å². The van der Waals surface area contributed by atoms with Crippen molar-refractivity contribution in [3.63, 3.8) is 0 Å². The zero-order valence-electron chi connectivity index (χ0n) is 7.32. The zero-order valence-corrected chi connectivity index (χ0v) is 7.32. The lowest BCUT2D eigenvalue weighted by atomic mass is 10.1. The third-order valence-electron chi connectivity index (χ3n) is 2.06. The molecule has 0 aliphatic carbocycles. The van der Waals surface area contributed by atoms with Gasteiger partial charge in [0.2, 0.25) is 5.91 Å². The fraction of sp³-hybridized carbons (Fsp3) is 0.444. The Hall–Kier alpha value is -1.29. The van der Waals surface area contributed by atoms with E-state index in [0.29, 0.717) is 0 Å². The molecule has 0 spiro atoms. The van der Waals surface area contributed by atoms with Crippen molar-refractivity contribution in [3.8, 4) is 0 Å². The van der Waals surface area contributed by atoms with Crippen molar-refractivity contribution in [2.24, 2.45) is 0 Å². The summed E-state index contributed by atoms with van der Waals surface area (Å²) in [6.07, 6.45) is 1.44. The molecule has 0 aromatic carbocycles. The van der Waals surface area contributed by atoms with Gasteiger partial charge >= 0.3 is 0 Å². The second-order valence-electron chi connectivity index (χ2n) is 3.10. The molecular formula is C9H11NO3. The monoisotopic (exact) mass is 181 g/mol. The minimum Gasteiger partial charge on any atom is -0.466 e. The Kier molecular flexibility index (Phi) is 2.06. The standard InChI is InChI=1S/C9H11NO3/c1-6-9(7-3-2-4-12-7)13-5-8(11)10-6/h2-4,6,9H,5H2,1H3,(H,10,11). The zero-order chi connectivity index (χ0) is 9.26. The molecule has 2 rings (SSSR count). The number of furan rings is 1. The van der Waals surface area contributed by atoms with Crippen LogP contribution in [0.4, 0.5) is 0 Å². The van der Waals surface area contributed by atoms with E-state index in [4.69, 9.17) is 9.15 Å². The van der Waals surface area contributed by atoms with Crippen molar-refractivity contribution in [3.05, 3.63) is 24.2 Å². The number of morpholine rings is 1. The quantitative estimate of drug-likeness (QED) is 0.699. The first-order valence-electron chi connectivity index (χ1n) is 4.22. The van der Waals surface area contributed by atoms with Crippen LogP contribution < -0.4 is 5.32 Å². The molecule has 4 nitrogen and oxygen atoms in total. The van der Waals surface area contributed by atoms with Crippen molar-refractivity contribution in [1.82, 2.24) is 5.32 Å². The molecule has 0 radical (unpaired) electrons. The van der Waals surface area contributed by atoms with E-state index in [0.717, 1.165) is 5.76 Å². The van der Waals surface area contributed by atoms with Crippen LogP contribution in [0.2, 0.25) is 0 Å². The van der Waals surface area contributed by atoms with Gasteiger partial charge in [-0.3, -0.25) is 4.79 Å². The Morgan fingerprint density at radius 3 is 3.08 bits per heavy atom. The van der Waals surface area contributed by atoms with Gasteiger partial charge in [-0.15, -0.1) is 0 Å². The highest BCUT2D eigenvalue weighted by Gasteiger charge is 2.28. The predicted molar refractivity (Wildman–Crippen MR) is 45.0 cm³/mol. The summed E-state index contributed by atoms with van der Waals surface area (Å²) in [5.41, 5.74) is 0. The van der Waals surface area contributed by atoms with Crippen molar-refractivity contribution < 1.29 is 13.9 Å². The molecule has 4 heteroatoms. The first kappa shape index (κ1) is 8.31. The molecule has 1 saturated heterocycles. The molecule has 1 aliphatic heterocycles. The molecule has 1 fully saturated rings. The Bertz CT molecular complexity index is 294. The number of rotatable bonds is 1. The van der Waals surface area contributed by atoms with Gasteiger partial charge in [0.15, 0.2) is 0 Å². The fourth-order valence-corrected chi connectivity index (χ4v) is 1.46. The van der Waals surface area contributed by atoms with Gasteiger partial charge in [-0.05, 0) is 19.1 Å². The van der Waals surface area contributed by atoms with Crippen LogP contribution in [-0.4, -0.2) is 18.6 Å². The number of carbonyl (C=O) groups is 1. The third kappa shape index (κ3) is 1.58. The highest BCUT2D eigenvalue weighted by molar-refractivity contribution is 5.78. The van der Waals surface area contributed by atoms with E-state index in [1.165, 1.54) is 0 Å². The van der Waals surface area contributed by atoms with Gasteiger partial charge < -0.3 is 14.5 Å². The van der Waals surface area contributed by atoms with Gasteiger partial charge in [0.25, 0.3) is 0 Å². The van der Waals surface area contributed by atoms with Crippen LogP contribution in [-0.2, 0) is 9.53 Å². The van der Waals surface area contributed by atoms with Crippen LogP contribution in [0.1, 0.15) is 18.8 Å². The van der Waals surface area contributed by atoms with Crippen molar-refractivity contribution >= 4 is 5.91 Å². The number of hydrogen-bond donors (Lipinski definition) is 1. The minimum absolute atomic E-state index is 0.0348.